The van der Waals surface area contributed by atoms with Crippen LogP contribution >= 0.6 is 11.3 Å². The number of thiophene rings is 1. The molecule has 0 aromatic carbocycles. The molecule has 0 spiro atoms. The predicted octanol–water partition coefficient (Wildman–Crippen LogP) is 2.16. The van der Waals surface area contributed by atoms with E-state index in [4.69, 9.17) is 0 Å². The molecule has 1 atom stereocenters. The summed E-state index contributed by atoms with van der Waals surface area (Å²) in [7, 11) is 9.65. The quantitative estimate of drug-likeness (QED) is 0.563. The minimum Gasteiger partial charge on any atom is -0.355 e. The predicted molar refractivity (Wildman–Crippen MR) is 110 cm³/mol. The minimum atomic E-state index is -0.296. The number of nitrogens with one attached hydrogen (secondary N) is 2. The first-order chi connectivity index (χ1) is 12.4. The van der Waals surface area contributed by atoms with Crippen LogP contribution in [0.2, 0.25) is 0 Å². The fraction of sp³-hybridized carbons (Fsp3) is 0.684. The standard InChI is InChI=1S/C19H33N5OS/c1-20-18(21-13-15(23(2)3)16-9-8-12-26-16)22-14-19(10-6-7-11-19)17(25)24(4)5/h8-9,12,15H,6-7,10-11,13-14H2,1-5H3,(H2,20,21,22). The smallest absolute Gasteiger partial charge is 0.230 e. The molecule has 1 aromatic rings. The van der Waals surface area contributed by atoms with Gasteiger partial charge in [-0.3, -0.25) is 9.79 Å². The molecule has 2 N–H and O–H groups in total. The molecule has 0 saturated heterocycles. The third-order valence-electron chi connectivity index (χ3n) is 5.20. The van der Waals surface area contributed by atoms with Gasteiger partial charge < -0.3 is 20.4 Å². The molecule has 2 rings (SSSR count). The van der Waals surface area contributed by atoms with Crippen molar-refractivity contribution >= 4 is 23.2 Å². The molecule has 7 heteroatoms. The highest BCUT2D eigenvalue weighted by Crippen LogP contribution is 2.38. The van der Waals surface area contributed by atoms with Gasteiger partial charge >= 0.3 is 0 Å². The highest BCUT2D eigenvalue weighted by Gasteiger charge is 2.42. The molecule has 1 saturated carbocycles. The molecule has 1 aliphatic carbocycles. The number of guanidine groups is 1. The Morgan fingerprint density at radius 1 is 1.27 bits per heavy atom. The largest absolute Gasteiger partial charge is 0.355 e. The molecule has 1 fully saturated rings. The average molecular weight is 380 g/mol. The van der Waals surface area contributed by atoms with Crippen LogP contribution in [-0.2, 0) is 4.79 Å². The van der Waals surface area contributed by atoms with Crippen LogP contribution in [0.1, 0.15) is 36.6 Å². The van der Waals surface area contributed by atoms with E-state index in [9.17, 15) is 4.79 Å². The SMILES string of the molecule is CN=C(NCC(c1cccs1)N(C)C)NCC1(C(=O)N(C)C)CCCC1. The second-order valence-electron chi connectivity index (χ2n) is 7.49. The van der Waals surface area contributed by atoms with Gasteiger partial charge in [-0.05, 0) is 38.4 Å². The number of likely N-dealkylation sites (N-methyl/N-ethyl adjacent to an activating group) is 1. The first kappa shape index (κ1) is 20.7. The number of carbonyl (C=O) groups excluding carboxylic acids is 1. The van der Waals surface area contributed by atoms with Crippen LogP contribution < -0.4 is 10.6 Å². The van der Waals surface area contributed by atoms with Crippen molar-refractivity contribution in [3.63, 3.8) is 0 Å². The van der Waals surface area contributed by atoms with Crippen LogP contribution in [0, 0.1) is 5.41 Å². The second-order valence-corrected chi connectivity index (χ2v) is 8.47. The molecule has 1 amide bonds. The van der Waals surface area contributed by atoms with E-state index >= 15 is 0 Å². The maximum atomic E-state index is 12.7. The monoisotopic (exact) mass is 379 g/mol. The van der Waals surface area contributed by atoms with Crippen molar-refractivity contribution in [2.45, 2.75) is 31.7 Å². The zero-order chi connectivity index (χ0) is 19.2. The van der Waals surface area contributed by atoms with Gasteiger partial charge in [0.2, 0.25) is 5.91 Å². The molecule has 1 heterocycles. The summed E-state index contributed by atoms with van der Waals surface area (Å²) in [6.45, 7) is 1.40. The third kappa shape index (κ3) is 4.98. The molecular weight excluding hydrogens is 346 g/mol. The number of hydrogen-bond acceptors (Lipinski definition) is 4. The van der Waals surface area contributed by atoms with Gasteiger partial charge in [0.1, 0.15) is 0 Å². The lowest BCUT2D eigenvalue weighted by atomic mass is 9.84. The van der Waals surface area contributed by atoms with E-state index in [2.05, 4.69) is 52.1 Å². The lowest BCUT2D eigenvalue weighted by Crippen LogP contribution is -2.50. The molecule has 0 radical (unpaired) electrons. The van der Waals surface area contributed by atoms with Crippen molar-refractivity contribution in [2.75, 3.05) is 48.3 Å². The lowest BCUT2D eigenvalue weighted by Gasteiger charge is -2.32. The molecule has 0 aliphatic heterocycles. The summed E-state index contributed by atoms with van der Waals surface area (Å²) < 4.78 is 0. The van der Waals surface area contributed by atoms with E-state index in [0.717, 1.165) is 38.2 Å². The van der Waals surface area contributed by atoms with Crippen LogP contribution in [0.3, 0.4) is 0 Å². The third-order valence-corrected chi connectivity index (χ3v) is 6.17. The molecule has 1 aromatic heterocycles. The van der Waals surface area contributed by atoms with Crippen molar-refractivity contribution in [2.24, 2.45) is 10.4 Å². The Balaban J connectivity index is 1.95. The molecule has 6 nitrogen and oxygen atoms in total. The highest BCUT2D eigenvalue weighted by atomic mass is 32.1. The van der Waals surface area contributed by atoms with Gasteiger partial charge in [-0.15, -0.1) is 11.3 Å². The first-order valence-electron chi connectivity index (χ1n) is 9.26. The van der Waals surface area contributed by atoms with Crippen molar-refractivity contribution in [3.8, 4) is 0 Å². The molecular formula is C19H33N5OS. The van der Waals surface area contributed by atoms with Crippen molar-refractivity contribution in [1.29, 1.82) is 0 Å². The number of rotatable bonds is 7. The van der Waals surface area contributed by atoms with Crippen molar-refractivity contribution in [1.82, 2.24) is 20.4 Å². The molecule has 1 unspecified atom stereocenters. The van der Waals surface area contributed by atoms with Gasteiger partial charge in [-0.1, -0.05) is 18.9 Å². The summed E-state index contributed by atoms with van der Waals surface area (Å²) in [5.74, 6) is 0.981. The Morgan fingerprint density at radius 2 is 1.96 bits per heavy atom. The van der Waals surface area contributed by atoms with Crippen LogP contribution in [0.5, 0.6) is 0 Å². The minimum absolute atomic E-state index is 0.225. The molecule has 0 bridgehead atoms. The second kappa shape index (κ2) is 9.37. The number of aliphatic imine (C=N–C) groups is 1. The van der Waals surface area contributed by atoms with Crippen molar-refractivity contribution < 1.29 is 4.79 Å². The topological polar surface area (TPSA) is 60.0 Å². The molecule has 146 valence electrons. The number of amides is 1. The zero-order valence-corrected chi connectivity index (χ0v) is 17.5. The Hall–Kier alpha value is -1.60. The average Bonchev–Trinajstić information content (AvgIpc) is 3.29. The van der Waals surface area contributed by atoms with Gasteiger partial charge in [0, 0.05) is 39.1 Å². The number of hydrogen-bond donors (Lipinski definition) is 2. The number of nitrogens with zero attached hydrogens (tertiary/aromatic N) is 3. The summed E-state index contributed by atoms with van der Waals surface area (Å²) >= 11 is 1.77. The Labute approximate surface area is 161 Å². The van der Waals surface area contributed by atoms with E-state index in [-0.39, 0.29) is 17.4 Å². The highest BCUT2D eigenvalue weighted by molar-refractivity contribution is 7.10. The van der Waals surface area contributed by atoms with E-state index < -0.39 is 0 Å². The van der Waals surface area contributed by atoms with Crippen LogP contribution in [-0.4, -0.2) is 70.0 Å². The lowest BCUT2D eigenvalue weighted by molar-refractivity contribution is -0.138. The first-order valence-corrected chi connectivity index (χ1v) is 10.1. The summed E-state index contributed by atoms with van der Waals surface area (Å²) in [4.78, 5) is 22.3. The molecule has 1 aliphatic rings. The van der Waals surface area contributed by atoms with E-state index in [1.807, 2.05) is 14.1 Å². The van der Waals surface area contributed by atoms with Gasteiger partial charge in [0.05, 0.1) is 11.5 Å². The zero-order valence-electron chi connectivity index (χ0n) is 16.7. The summed E-state index contributed by atoms with van der Waals surface area (Å²) in [5.41, 5.74) is -0.296. The summed E-state index contributed by atoms with van der Waals surface area (Å²) in [5, 5.41) is 8.94. The van der Waals surface area contributed by atoms with E-state index in [1.54, 1.807) is 23.3 Å². The van der Waals surface area contributed by atoms with Crippen molar-refractivity contribution in [3.05, 3.63) is 22.4 Å². The summed E-state index contributed by atoms with van der Waals surface area (Å²) in [6.07, 6.45) is 4.13. The summed E-state index contributed by atoms with van der Waals surface area (Å²) in [6, 6.07) is 4.54. The fourth-order valence-electron chi connectivity index (χ4n) is 3.68. The van der Waals surface area contributed by atoms with Crippen LogP contribution in [0.25, 0.3) is 0 Å². The maximum Gasteiger partial charge on any atom is 0.230 e. The van der Waals surface area contributed by atoms with Gasteiger partial charge in [0.25, 0.3) is 0 Å². The van der Waals surface area contributed by atoms with Gasteiger partial charge in [0.15, 0.2) is 5.96 Å². The Bertz CT molecular complexity index is 591. The van der Waals surface area contributed by atoms with Crippen LogP contribution in [0.4, 0.5) is 0 Å². The van der Waals surface area contributed by atoms with Gasteiger partial charge in [-0.25, -0.2) is 0 Å². The van der Waals surface area contributed by atoms with E-state index in [1.165, 1.54) is 4.88 Å². The van der Waals surface area contributed by atoms with E-state index in [0.29, 0.717) is 6.54 Å². The normalized spacial score (nSPS) is 18.0. The van der Waals surface area contributed by atoms with Gasteiger partial charge in [-0.2, -0.15) is 0 Å². The Kier molecular flexibility index (Phi) is 7.46. The Morgan fingerprint density at radius 3 is 2.46 bits per heavy atom. The maximum absolute atomic E-state index is 12.7. The van der Waals surface area contributed by atoms with Crippen LogP contribution in [0.15, 0.2) is 22.5 Å². The molecule has 26 heavy (non-hydrogen) atoms. The fourth-order valence-corrected chi connectivity index (χ4v) is 4.60. The number of carbonyl (C=O) groups is 1.